The van der Waals surface area contributed by atoms with Gasteiger partial charge in [-0.3, -0.25) is 0 Å². The van der Waals surface area contributed by atoms with Crippen LogP contribution in [0.1, 0.15) is 13.3 Å². The maximum Gasteiger partial charge on any atom is 0.144 e. The molecule has 1 N–H and O–H groups in total. The lowest BCUT2D eigenvalue weighted by atomic mass is 10.3. The number of hydrogen-bond acceptors (Lipinski definition) is 1. The van der Waals surface area contributed by atoms with Gasteiger partial charge in [-0.05, 0) is 50.4 Å². The number of benzene rings is 1. The summed E-state index contributed by atoms with van der Waals surface area (Å²) >= 11 is 12.9. The predicted molar refractivity (Wildman–Crippen MR) is 75.3 cm³/mol. The van der Waals surface area contributed by atoms with Crippen molar-refractivity contribution < 1.29 is 5.11 Å². The van der Waals surface area contributed by atoms with Crippen LogP contribution in [0.2, 0.25) is 0 Å². The van der Waals surface area contributed by atoms with E-state index in [0.29, 0.717) is 8.95 Å². The van der Waals surface area contributed by atoms with Crippen molar-refractivity contribution in [2.75, 3.05) is 5.33 Å². The molecule has 0 radical (unpaired) electrons. The second-order valence-electron chi connectivity index (χ2n) is 2.41. The summed E-state index contributed by atoms with van der Waals surface area (Å²) in [6.07, 6.45) is 1.24. The van der Waals surface area contributed by atoms with Crippen molar-refractivity contribution in [1.82, 2.24) is 0 Å². The Hall–Kier alpha value is 0.940. The van der Waals surface area contributed by atoms with Gasteiger partial charge in [0.25, 0.3) is 0 Å². The van der Waals surface area contributed by atoms with E-state index in [4.69, 9.17) is 0 Å². The Kier molecular flexibility index (Phi) is 8.68. The van der Waals surface area contributed by atoms with Gasteiger partial charge in [0.2, 0.25) is 0 Å². The van der Waals surface area contributed by atoms with Crippen molar-refractivity contribution in [3.05, 3.63) is 25.6 Å². The maximum absolute atomic E-state index is 9.22. The fourth-order valence-electron chi connectivity index (χ4n) is 0.535. The van der Waals surface area contributed by atoms with E-state index in [9.17, 15) is 5.11 Å². The largest absolute Gasteiger partial charge is 0.506 e. The van der Waals surface area contributed by atoms with Gasteiger partial charge < -0.3 is 5.11 Å². The summed E-state index contributed by atoms with van der Waals surface area (Å²) < 4.78 is 2.27. The summed E-state index contributed by atoms with van der Waals surface area (Å²) in [5.74, 6) is 0.225. The first-order chi connectivity index (χ1) is 6.52. The Morgan fingerprint density at radius 2 is 1.50 bits per heavy atom. The summed E-state index contributed by atoms with van der Waals surface area (Å²) in [7, 11) is 0. The molecule has 0 saturated heterocycles. The number of rotatable bonds is 1. The molecule has 1 aromatic carbocycles. The van der Waals surface area contributed by atoms with Crippen LogP contribution in [0, 0.1) is 0 Å². The molecule has 0 fully saturated rings. The van der Waals surface area contributed by atoms with E-state index in [0.717, 1.165) is 9.80 Å². The fraction of sp³-hybridized carbons (Fsp3) is 0.333. The molecule has 0 saturated carbocycles. The van der Waals surface area contributed by atoms with E-state index < -0.39 is 0 Å². The summed E-state index contributed by atoms with van der Waals surface area (Å²) in [6, 6.07) is 3.56. The van der Waals surface area contributed by atoms with Gasteiger partial charge in [0.1, 0.15) is 5.75 Å². The first-order valence-corrected chi connectivity index (χ1v) is 7.42. The van der Waals surface area contributed by atoms with E-state index in [-0.39, 0.29) is 5.75 Å². The third-order valence-corrected chi connectivity index (χ3v) is 3.63. The Bertz CT molecular complexity index is 263. The third kappa shape index (κ3) is 5.73. The molecule has 1 nitrogen and oxygen atoms in total. The minimum absolute atomic E-state index is 0.225. The second-order valence-corrected chi connectivity index (χ2v) is 5.82. The summed E-state index contributed by atoms with van der Waals surface area (Å²) in [4.78, 5) is 0. The Morgan fingerprint density at radius 3 is 1.79 bits per heavy atom. The number of alkyl halides is 1. The van der Waals surface area contributed by atoms with Gasteiger partial charge in [-0.2, -0.15) is 0 Å². The van der Waals surface area contributed by atoms with Gasteiger partial charge in [-0.1, -0.05) is 38.8 Å². The normalized spacial score (nSPS) is 9.21. The molecule has 0 atom stereocenters. The molecule has 0 bridgehead atoms. The van der Waals surface area contributed by atoms with E-state index in [1.54, 1.807) is 12.1 Å². The van der Waals surface area contributed by atoms with Crippen LogP contribution in [0.3, 0.4) is 0 Å². The first-order valence-electron chi connectivity index (χ1n) is 3.92. The Balaban J connectivity index is 0.000000364. The smallest absolute Gasteiger partial charge is 0.144 e. The molecule has 0 aliphatic carbocycles. The SMILES string of the molecule is CCCBr.Oc1c(Br)cc(Br)cc1Br. The second kappa shape index (κ2) is 8.13. The van der Waals surface area contributed by atoms with Gasteiger partial charge in [0, 0.05) is 9.80 Å². The maximum atomic E-state index is 9.22. The van der Waals surface area contributed by atoms with Crippen molar-refractivity contribution in [3.63, 3.8) is 0 Å². The van der Waals surface area contributed by atoms with Crippen molar-refractivity contribution in [2.45, 2.75) is 13.3 Å². The number of halogens is 4. The summed E-state index contributed by atoms with van der Waals surface area (Å²) in [5, 5.41) is 10.3. The van der Waals surface area contributed by atoms with Crippen LogP contribution < -0.4 is 0 Å². The Labute approximate surface area is 118 Å². The van der Waals surface area contributed by atoms with Crippen molar-refractivity contribution in [2.24, 2.45) is 0 Å². The lowest BCUT2D eigenvalue weighted by Crippen LogP contribution is -1.71. The average molecular weight is 454 g/mol. The Morgan fingerprint density at radius 1 is 1.14 bits per heavy atom. The predicted octanol–water partition coefficient (Wildman–Crippen LogP) is 5.47. The molecule has 5 heteroatoms. The van der Waals surface area contributed by atoms with Gasteiger partial charge in [-0.15, -0.1) is 0 Å². The molecule has 1 rings (SSSR count). The van der Waals surface area contributed by atoms with E-state index in [2.05, 4.69) is 70.6 Å². The monoisotopic (exact) mass is 450 g/mol. The van der Waals surface area contributed by atoms with Crippen LogP contribution in [0.25, 0.3) is 0 Å². The van der Waals surface area contributed by atoms with Crippen LogP contribution in [0.4, 0.5) is 0 Å². The minimum atomic E-state index is 0.225. The zero-order chi connectivity index (χ0) is 11.1. The molecule has 0 spiro atoms. The molecule has 0 unspecified atom stereocenters. The van der Waals surface area contributed by atoms with Gasteiger partial charge >= 0.3 is 0 Å². The third-order valence-electron chi connectivity index (χ3n) is 1.17. The molecule has 0 aromatic heterocycles. The number of phenols is 1. The standard InChI is InChI=1S/C6H3Br3O.C3H7Br/c7-3-1-4(8)6(10)5(9)2-3;1-2-3-4/h1-2,10H;2-3H2,1H3. The molecule has 14 heavy (non-hydrogen) atoms. The topological polar surface area (TPSA) is 20.2 Å². The highest BCUT2D eigenvalue weighted by Gasteiger charge is 2.02. The number of phenolic OH excluding ortho intramolecular Hbond substituents is 1. The highest BCUT2D eigenvalue weighted by Crippen LogP contribution is 2.34. The molecule has 0 heterocycles. The van der Waals surface area contributed by atoms with Crippen LogP contribution in [0.15, 0.2) is 25.6 Å². The van der Waals surface area contributed by atoms with Crippen molar-refractivity contribution in [3.8, 4) is 5.75 Å². The van der Waals surface area contributed by atoms with E-state index >= 15 is 0 Å². The highest BCUT2D eigenvalue weighted by atomic mass is 79.9. The lowest BCUT2D eigenvalue weighted by Gasteiger charge is -1.99. The molecule has 0 aliphatic heterocycles. The molecular formula is C9H10Br4O. The zero-order valence-corrected chi connectivity index (χ0v) is 13.9. The highest BCUT2D eigenvalue weighted by molar-refractivity contribution is 9.11. The quantitative estimate of drug-likeness (QED) is 0.559. The van der Waals surface area contributed by atoms with Gasteiger partial charge in [0.05, 0.1) is 8.95 Å². The van der Waals surface area contributed by atoms with Crippen LogP contribution >= 0.6 is 63.7 Å². The molecule has 0 amide bonds. The van der Waals surface area contributed by atoms with Crippen LogP contribution in [-0.4, -0.2) is 10.4 Å². The van der Waals surface area contributed by atoms with Crippen LogP contribution in [0.5, 0.6) is 5.75 Å². The molecule has 1 aromatic rings. The molecule has 80 valence electrons. The van der Waals surface area contributed by atoms with E-state index in [1.165, 1.54) is 6.42 Å². The minimum Gasteiger partial charge on any atom is -0.506 e. The average Bonchev–Trinajstić information content (AvgIpc) is 2.14. The van der Waals surface area contributed by atoms with Crippen molar-refractivity contribution in [1.29, 1.82) is 0 Å². The van der Waals surface area contributed by atoms with Gasteiger partial charge in [0.15, 0.2) is 0 Å². The first kappa shape index (κ1) is 14.9. The number of hydrogen-bond donors (Lipinski definition) is 1. The summed E-state index contributed by atoms with van der Waals surface area (Å²) in [5.41, 5.74) is 0. The zero-order valence-electron chi connectivity index (χ0n) is 7.53. The van der Waals surface area contributed by atoms with Crippen LogP contribution in [-0.2, 0) is 0 Å². The van der Waals surface area contributed by atoms with Crippen molar-refractivity contribution >= 4 is 63.7 Å². The summed E-state index contributed by atoms with van der Waals surface area (Å²) in [6.45, 7) is 2.13. The van der Waals surface area contributed by atoms with Gasteiger partial charge in [-0.25, -0.2) is 0 Å². The number of aromatic hydroxyl groups is 1. The molecule has 0 aliphatic rings. The molecular weight excluding hydrogens is 444 g/mol. The fourth-order valence-corrected chi connectivity index (χ4v) is 2.79. The lowest BCUT2D eigenvalue weighted by molar-refractivity contribution is 0.468. The van der Waals surface area contributed by atoms with E-state index in [1.807, 2.05) is 0 Å².